The van der Waals surface area contributed by atoms with Crippen molar-refractivity contribution in [3.63, 3.8) is 0 Å². The largest absolute Gasteiger partial charge is 0.486 e. The summed E-state index contributed by atoms with van der Waals surface area (Å²) in [6.45, 7) is 6.11. The van der Waals surface area contributed by atoms with Crippen molar-refractivity contribution in [3.8, 4) is 17.3 Å². The Kier molecular flexibility index (Phi) is 4.47. The van der Waals surface area contributed by atoms with E-state index in [-0.39, 0.29) is 6.10 Å². The Hall–Kier alpha value is -3.67. The molecule has 6 nitrogen and oxygen atoms in total. The molecule has 0 bridgehead atoms. The monoisotopic (exact) mass is 398 g/mol. The predicted molar refractivity (Wildman–Crippen MR) is 116 cm³/mol. The zero-order chi connectivity index (χ0) is 20.7. The fourth-order valence-electron chi connectivity index (χ4n) is 3.81. The van der Waals surface area contributed by atoms with E-state index in [1.54, 1.807) is 0 Å². The molecule has 150 valence electrons. The maximum Gasteiger partial charge on any atom is 0.276 e. The van der Waals surface area contributed by atoms with E-state index in [1.165, 1.54) is 0 Å². The van der Waals surface area contributed by atoms with Crippen LogP contribution in [0.3, 0.4) is 0 Å². The number of ether oxygens (including phenoxy) is 1. The maximum absolute atomic E-state index is 6.12. The summed E-state index contributed by atoms with van der Waals surface area (Å²) >= 11 is 0. The maximum atomic E-state index is 6.12. The summed E-state index contributed by atoms with van der Waals surface area (Å²) in [4.78, 5) is 12.5. The summed E-state index contributed by atoms with van der Waals surface area (Å²) in [7, 11) is 0. The van der Waals surface area contributed by atoms with Crippen molar-refractivity contribution in [2.45, 2.75) is 33.3 Å². The van der Waals surface area contributed by atoms with Gasteiger partial charge in [-0.15, -0.1) is 0 Å². The number of pyridine rings is 1. The fourth-order valence-corrected chi connectivity index (χ4v) is 3.81. The summed E-state index contributed by atoms with van der Waals surface area (Å²) in [5, 5.41) is 6.25. The minimum absolute atomic E-state index is 0.0774. The van der Waals surface area contributed by atoms with Crippen molar-refractivity contribution < 1.29 is 9.26 Å². The Labute approximate surface area is 173 Å². The number of nitrogens with zero attached hydrogens (tertiary/aromatic N) is 3. The number of aromatic nitrogens is 4. The summed E-state index contributed by atoms with van der Waals surface area (Å²) in [5.74, 6) is 1.99. The summed E-state index contributed by atoms with van der Waals surface area (Å²) in [6, 6.07) is 16.3. The molecule has 6 heteroatoms. The molecule has 2 aromatic carbocycles. The molecule has 3 heterocycles. The topological polar surface area (TPSA) is 76.8 Å². The van der Waals surface area contributed by atoms with Crippen LogP contribution < -0.4 is 4.74 Å². The Bertz CT molecular complexity index is 1340. The van der Waals surface area contributed by atoms with E-state index < -0.39 is 0 Å². The lowest BCUT2D eigenvalue weighted by Gasteiger charge is -2.15. The van der Waals surface area contributed by atoms with Crippen LogP contribution in [-0.4, -0.2) is 20.1 Å². The van der Waals surface area contributed by atoms with Crippen molar-refractivity contribution in [2.24, 2.45) is 0 Å². The van der Waals surface area contributed by atoms with Crippen molar-refractivity contribution in [1.82, 2.24) is 20.1 Å². The molecule has 5 rings (SSSR count). The van der Waals surface area contributed by atoms with Crippen LogP contribution >= 0.6 is 0 Å². The molecule has 1 unspecified atom stereocenters. The molecule has 1 N–H and O–H groups in total. The van der Waals surface area contributed by atoms with Gasteiger partial charge in [0.25, 0.3) is 5.89 Å². The van der Waals surface area contributed by atoms with Gasteiger partial charge in [0.2, 0.25) is 0 Å². The van der Waals surface area contributed by atoms with E-state index in [0.717, 1.165) is 50.8 Å². The first-order valence-corrected chi connectivity index (χ1v) is 10.1. The second-order valence-corrected chi connectivity index (χ2v) is 7.39. The molecule has 0 amide bonds. The lowest BCUT2D eigenvalue weighted by molar-refractivity contribution is 0.227. The first-order chi connectivity index (χ1) is 14.6. The number of nitrogens with one attached hydrogen (secondary N) is 1. The van der Waals surface area contributed by atoms with Gasteiger partial charge in [0.1, 0.15) is 17.5 Å². The van der Waals surface area contributed by atoms with E-state index in [1.807, 2.05) is 50.4 Å². The fraction of sp³-hybridized carbons (Fsp3) is 0.208. The van der Waals surface area contributed by atoms with Crippen molar-refractivity contribution in [3.05, 3.63) is 71.7 Å². The Balaban J connectivity index is 1.60. The Morgan fingerprint density at radius 3 is 2.70 bits per heavy atom. The number of aromatic amines is 1. The van der Waals surface area contributed by atoms with Crippen molar-refractivity contribution in [2.75, 3.05) is 0 Å². The third kappa shape index (κ3) is 3.10. The molecule has 0 aliphatic rings. The van der Waals surface area contributed by atoms with Gasteiger partial charge < -0.3 is 14.2 Å². The highest BCUT2D eigenvalue weighted by Crippen LogP contribution is 2.34. The van der Waals surface area contributed by atoms with Crippen molar-refractivity contribution >= 4 is 21.8 Å². The van der Waals surface area contributed by atoms with Gasteiger partial charge >= 0.3 is 0 Å². The first-order valence-electron chi connectivity index (χ1n) is 10.1. The standard InChI is InChI=1S/C24H22N4O2/c1-4-21-27-24(30-28-21)23-14(2)22-18-12-16(10-11-19(18)26-20(22)13-25-23)15(3)29-17-8-6-5-7-9-17/h5-13,15,26H,4H2,1-3H3. The number of rotatable bonds is 5. The van der Waals surface area contributed by atoms with Gasteiger partial charge in [0.05, 0.1) is 11.7 Å². The lowest BCUT2D eigenvalue weighted by Crippen LogP contribution is -2.02. The van der Waals surface area contributed by atoms with Gasteiger partial charge in [-0.1, -0.05) is 36.3 Å². The molecular weight excluding hydrogens is 376 g/mol. The molecule has 1 atom stereocenters. The van der Waals surface area contributed by atoms with Crippen LogP contribution in [0.25, 0.3) is 33.4 Å². The molecule has 0 aliphatic carbocycles. The smallest absolute Gasteiger partial charge is 0.276 e. The molecule has 0 spiro atoms. The first kappa shape index (κ1) is 18.4. The number of fused-ring (bicyclic) bond motifs is 3. The number of hydrogen-bond acceptors (Lipinski definition) is 5. The highest BCUT2D eigenvalue weighted by atomic mass is 16.5. The molecule has 5 aromatic rings. The van der Waals surface area contributed by atoms with Crippen LogP contribution in [0.2, 0.25) is 0 Å². The van der Waals surface area contributed by atoms with E-state index in [9.17, 15) is 0 Å². The van der Waals surface area contributed by atoms with E-state index >= 15 is 0 Å². The molecule has 0 saturated heterocycles. The van der Waals surface area contributed by atoms with Crippen molar-refractivity contribution in [1.29, 1.82) is 0 Å². The lowest BCUT2D eigenvalue weighted by atomic mass is 10.0. The van der Waals surface area contributed by atoms with Gasteiger partial charge in [-0.05, 0) is 49.2 Å². The zero-order valence-corrected chi connectivity index (χ0v) is 17.1. The minimum atomic E-state index is -0.0774. The highest BCUT2D eigenvalue weighted by Gasteiger charge is 2.18. The van der Waals surface area contributed by atoms with E-state index in [4.69, 9.17) is 9.26 Å². The molecule has 3 aromatic heterocycles. The summed E-state index contributed by atoms with van der Waals surface area (Å²) in [5.41, 5.74) is 4.88. The van der Waals surface area contributed by atoms with Gasteiger partial charge in [0.15, 0.2) is 5.82 Å². The number of para-hydroxylation sites is 1. The van der Waals surface area contributed by atoms with Crippen LogP contribution in [0.5, 0.6) is 5.75 Å². The third-order valence-electron chi connectivity index (χ3n) is 5.42. The van der Waals surface area contributed by atoms with Gasteiger partial charge in [-0.2, -0.15) is 4.98 Å². The average Bonchev–Trinajstić information content (AvgIpc) is 3.39. The van der Waals surface area contributed by atoms with Gasteiger partial charge in [0, 0.05) is 22.7 Å². The highest BCUT2D eigenvalue weighted by molar-refractivity contribution is 6.10. The molecular formula is C24H22N4O2. The van der Waals surface area contributed by atoms with Crippen LogP contribution in [-0.2, 0) is 6.42 Å². The number of aryl methyl sites for hydroxylation is 2. The number of H-pyrrole nitrogens is 1. The van der Waals surface area contributed by atoms with Gasteiger partial charge in [-0.3, -0.25) is 0 Å². The SMILES string of the molecule is CCc1noc(-c2ncc3[nH]c4ccc(C(C)Oc5ccccc5)cc4c3c2C)n1. The molecule has 0 fully saturated rings. The molecule has 0 saturated carbocycles. The van der Waals surface area contributed by atoms with Gasteiger partial charge in [-0.25, -0.2) is 4.98 Å². The summed E-state index contributed by atoms with van der Waals surface area (Å²) in [6.07, 6.45) is 2.48. The predicted octanol–water partition coefficient (Wildman–Crippen LogP) is 5.78. The van der Waals surface area contributed by atoms with Crippen LogP contribution in [0.4, 0.5) is 0 Å². The van der Waals surface area contributed by atoms with Crippen LogP contribution in [0, 0.1) is 6.92 Å². The van der Waals surface area contributed by atoms with Crippen LogP contribution in [0.15, 0.2) is 59.3 Å². The average molecular weight is 398 g/mol. The second-order valence-electron chi connectivity index (χ2n) is 7.39. The Morgan fingerprint density at radius 2 is 1.93 bits per heavy atom. The molecule has 0 aliphatic heterocycles. The third-order valence-corrected chi connectivity index (χ3v) is 5.42. The minimum Gasteiger partial charge on any atom is -0.486 e. The van der Waals surface area contributed by atoms with E-state index in [0.29, 0.717) is 11.7 Å². The van der Waals surface area contributed by atoms with Crippen LogP contribution in [0.1, 0.15) is 36.9 Å². The molecule has 30 heavy (non-hydrogen) atoms. The molecule has 0 radical (unpaired) electrons. The quantitative estimate of drug-likeness (QED) is 0.406. The number of hydrogen-bond donors (Lipinski definition) is 1. The normalized spacial score (nSPS) is 12.5. The second kappa shape index (κ2) is 7.30. The number of benzene rings is 2. The van der Waals surface area contributed by atoms with E-state index in [2.05, 4.69) is 45.2 Å². The Morgan fingerprint density at radius 1 is 1.10 bits per heavy atom. The summed E-state index contributed by atoms with van der Waals surface area (Å²) < 4.78 is 11.6. The zero-order valence-electron chi connectivity index (χ0n) is 17.1.